The summed E-state index contributed by atoms with van der Waals surface area (Å²) in [7, 11) is 0. The lowest BCUT2D eigenvalue weighted by atomic mass is 9.96. The van der Waals surface area contributed by atoms with Gasteiger partial charge in [0, 0.05) is 6.54 Å². The van der Waals surface area contributed by atoms with Crippen LogP contribution in [0.2, 0.25) is 0 Å². The number of rotatable bonds is 4. The fraction of sp³-hybridized carbons (Fsp3) is 0.500. The van der Waals surface area contributed by atoms with Crippen molar-refractivity contribution in [2.45, 2.75) is 24.9 Å². The first-order chi connectivity index (χ1) is 9.12. The van der Waals surface area contributed by atoms with Gasteiger partial charge in [0.05, 0.1) is 0 Å². The van der Waals surface area contributed by atoms with Crippen LogP contribution in [0, 0.1) is 5.82 Å². The maximum Gasteiger partial charge on any atom is 0.252 e. The fourth-order valence-electron chi connectivity index (χ4n) is 2.11. The quantitative estimate of drug-likeness (QED) is 0.885. The average molecular weight is 283 g/mol. The number of benzene rings is 1. The van der Waals surface area contributed by atoms with Gasteiger partial charge in [-0.1, -0.05) is 18.2 Å². The van der Waals surface area contributed by atoms with Gasteiger partial charge >= 0.3 is 0 Å². The molecule has 0 spiro atoms. The third-order valence-electron chi connectivity index (χ3n) is 3.38. The van der Waals surface area contributed by atoms with Gasteiger partial charge in [0.15, 0.2) is 0 Å². The molecule has 0 radical (unpaired) electrons. The Bertz CT molecular complexity index is 447. The molecule has 1 aromatic rings. The lowest BCUT2D eigenvalue weighted by Gasteiger charge is -2.30. The summed E-state index contributed by atoms with van der Waals surface area (Å²) in [6.07, 6.45) is 1.41. The molecule has 1 fully saturated rings. The average Bonchev–Trinajstić information content (AvgIpc) is 2.41. The van der Waals surface area contributed by atoms with Crippen LogP contribution in [0.25, 0.3) is 0 Å². The second-order valence-electron chi connectivity index (χ2n) is 4.74. The first kappa shape index (κ1) is 14.3. The Labute approximate surface area is 116 Å². The molecular formula is C14H18FNO2S. The van der Waals surface area contributed by atoms with Gasteiger partial charge < -0.3 is 10.4 Å². The predicted octanol–water partition coefficient (Wildman–Crippen LogP) is 1.74. The van der Waals surface area contributed by atoms with Crippen LogP contribution in [-0.2, 0) is 11.2 Å². The topological polar surface area (TPSA) is 49.3 Å². The summed E-state index contributed by atoms with van der Waals surface area (Å²) in [6, 6.07) is 6.52. The van der Waals surface area contributed by atoms with Crippen molar-refractivity contribution in [2.75, 3.05) is 18.1 Å². The first-order valence-corrected chi connectivity index (χ1v) is 7.59. The number of halogens is 1. The lowest BCUT2D eigenvalue weighted by Crippen LogP contribution is -2.49. The Balaban J connectivity index is 1.82. The minimum absolute atomic E-state index is 0.260. The number of nitrogens with one attached hydrogen (secondary N) is 1. The van der Waals surface area contributed by atoms with Crippen LogP contribution in [0.4, 0.5) is 4.39 Å². The van der Waals surface area contributed by atoms with Crippen molar-refractivity contribution >= 4 is 17.7 Å². The molecule has 0 aliphatic carbocycles. The lowest BCUT2D eigenvalue weighted by molar-refractivity contribution is -0.140. The third kappa shape index (κ3) is 3.70. The molecule has 1 aromatic carbocycles. The normalized spacial score (nSPS) is 18.0. The van der Waals surface area contributed by atoms with Crippen molar-refractivity contribution in [3.63, 3.8) is 0 Å². The number of hydrogen-bond acceptors (Lipinski definition) is 3. The van der Waals surface area contributed by atoms with E-state index in [0.717, 1.165) is 11.5 Å². The number of amides is 1. The molecule has 1 amide bonds. The highest BCUT2D eigenvalue weighted by atomic mass is 32.2. The van der Waals surface area contributed by atoms with Crippen molar-refractivity contribution < 1.29 is 14.3 Å². The zero-order valence-electron chi connectivity index (χ0n) is 10.7. The van der Waals surface area contributed by atoms with Crippen LogP contribution < -0.4 is 5.32 Å². The largest absolute Gasteiger partial charge is 0.380 e. The molecule has 1 saturated heterocycles. The molecule has 1 aliphatic heterocycles. The van der Waals surface area contributed by atoms with Gasteiger partial charge in [0.1, 0.15) is 11.4 Å². The molecule has 0 bridgehead atoms. The van der Waals surface area contributed by atoms with Crippen molar-refractivity contribution in [3.8, 4) is 0 Å². The van der Waals surface area contributed by atoms with E-state index in [9.17, 15) is 14.3 Å². The van der Waals surface area contributed by atoms with E-state index < -0.39 is 5.60 Å². The van der Waals surface area contributed by atoms with Gasteiger partial charge in [-0.05, 0) is 42.4 Å². The molecule has 0 saturated carbocycles. The fourth-order valence-corrected chi connectivity index (χ4v) is 3.28. The molecule has 0 aromatic heterocycles. The van der Waals surface area contributed by atoms with Crippen molar-refractivity contribution in [1.82, 2.24) is 5.32 Å². The summed E-state index contributed by atoms with van der Waals surface area (Å²) in [5, 5.41) is 12.9. The zero-order chi connectivity index (χ0) is 13.7. The third-order valence-corrected chi connectivity index (χ3v) is 4.37. The maximum absolute atomic E-state index is 13.4. The molecular weight excluding hydrogens is 265 g/mol. The second kappa shape index (κ2) is 6.39. The van der Waals surface area contributed by atoms with Gasteiger partial charge in [0.2, 0.25) is 0 Å². The standard InChI is InChI=1S/C14H18FNO2S/c15-12-4-2-1-3-11(12)5-8-16-13(17)14(18)6-9-19-10-7-14/h1-4,18H,5-10H2,(H,16,17). The summed E-state index contributed by atoms with van der Waals surface area (Å²) in [6.45, 7) is 0.342. The van der Waals surface area contributed by atoms with Crippen LogP contribution in [0.3, 0.4) is 0 Å². The summed E-state index contributed by atoms with van der Waals surface area (Å²) in [5.41, 5.74) is -0.658. The predicted molar refractivity (Wildman–Crippen MR) is 74.6 cm³/mol. The highest BCUT2D eigenvalue weighted by Crippen LogP contribution is 2.26. The summed E-state index contributed by atoms with van der Waals surface area (Å²) >= 11 is 1.75. The van der Waals surface area contributed by atoms with Gasteiger partial charge in [-0.15, -0.1) is 0 Å². The molecule has 19 heavy (non-hydrogen) atoms. The SMILES string of the molecule is O=C(NCCc1ccccc1F)C1(O)CCSCC1. The van der Waals surface area contributed by atoms with Gasteiger partial charge in [0.25, 0.3) is 5.91 Å². The van der Waals surface area contributed by atoms with Crippen LogP contribution in [0.15, 0.2) is 24.3 Å². The van der Waals surface area contributed by atoms with Crippen LogP contribution in [-0.4, -0.2) is 34.7 Å². The Morgan fingerprint density at radius 3 is 2.74 bits per heavy atom. The van der Waals surface area contributed by atoms with Gasteiger partial charge in [-0.2, -0.15) is 11.8 Å². The Morgan fingerprint density at radius 2 is 2.05 bits per heavy atom. The summed E-state index contributed by atoms with van der Waals surface area (Å²) < 4.78 is 13.4. The minimum atomic E-state index is -1.24. The van der Waals surface area contributed by atoms with E-state index >= 15 is 0 Å². The Morgan fingerprint density at radius 1 is 1.37 bits per heavy atom. The molecule has 2 N–H and O–H groups in total. The van der Waals surface area contributed by atoms with E-state index in [2.05, 4.69) is 5.32 Å². The highest BCUT2D eigenvalue weighted by Gasteiger charge is 2.36. The van der Waals surface area contributed by atoms with Crippen LogP contribution in [0.1, 0.15) is 18.4 Å². The number of carbonyl (C=O) groups is 1. The maximum atomic E-state index is 13.4. The summed E-state index contributed by atoms with van der Waals surface area (Å²) in [5.74, 6) is 1.02. The number of aliphatic hydroxyl groups is 1. The molecule has 104 valence electrons. The molecule has 1 heterocycles. The monoisotopic (exact) mass is 283 g/mol. The van der Waals surface area contributed by atoms with E-state index in [1.807, 2.05) is 0 Å². The van der Waals surface area contributed by atoms with E-state index in [-0.39, 0.29) is 11.7 Å². The number of hydrogen-bond donors (Lipinski definition) is 2. The highest BCUT2D eigenvalue weighted by molar-refractivity contribution is 7.99. The van der Waals surface area contributed by atoms with Crippen LogP contribution >= 0.6 is 11.8 Å². The molecule has 0 unspecified atom stereocenters. The zero-order valence-corrected chi connectivity index (χ0v) is 11.5. The van der Waals surface area contributed by atoms with Gasteiger partial charge in [-0.25, -0.2) is 4.39 Å². The van der Waals surface area contributed by atoms with Crippen molar-refractivity contribution in [2.24, 2.45) is 0 Å². The smallest absolute Gasteiger partial charge is 0.252 e. The molecule has 1 aliphatic rings. The summed E-state index contributed by atoms with van der Waals surface area (Å²) in [4.78, 5) is 11.9. The molecule has 2 rings (SSSR count). The number of thioether (sulfide) groups is 1. The first-order valence-electron chi connectivity index (χ1n) is 6.44. The van der Waals surface area contributed by atoms with E-state index in [1.165, 1.54) is 6.07 Å². The van der Waals surface area contributed by atoms with Crippen molar-refractivity contribution in [3.05, 3.63) is 35.6 Å². The molecule has 5 heteroatoms. The van der Waals surface area contributed by atoms with Crippen LogP contribution in [0.5, 0.6) is 0 Å². The van der Waals surface area contributed by atoms with Gasteiger partial charge in [-0.3, -0.25) is 4.79 Å². The van der Waals surface area contributed by atoms with E-state index in [1.54, 1.807) is 30.0 Å². The molecule has 3 nitrogen and oxygen atoms in total. The van der Waals surface area contributed by atoms with Crippen molar-refractivity contribution in [1.29, 1.82) is 0 Å². The minimum Gasteiger partial charge on any atom is -0.380 e. The number of carbonyl (C=O) groups excluding carboxylic acids is 1. The van der Waals surface area contributed by atoms with E-state index in [0.29, 0.717) is 31.4 Å². The molecule has 0 atom stereocenters. The Hall–Kier alpha value is -1.07. The second-order valence-corrected chi connectivity index (χ2v) is 5.97. The Kier molecular flexibility index (Phi) is 4.82. The van der Waals surface area contributed by atoms with E-state index in [4.69, 9.17) is 0 Å².